The first kappa shape index (κ1) is 8.91. The molecule has 68 valence electrons. The van der Waals surface area contributed by atoms with Gasteiger partial charge in [0.25, 0.3) is 0 Å². The van der Waals surface area contributed by atoms with E-state index in [0.29, 0.717) is 5.75 Å². The minimum absolute atomic E-state index is 0.422. The van der Waals surface area contributed by atoms with E-state index in [1.807, 2.05) is 25.1 Å². The maximum absolute atomic E-state index is 9.84. The van der Waals surface area contributed by atoms with Crippen LogP contribution in [0.25, 0.3) is 10.1 Å². The van der Waals surface area contributed by atoms with E-state index in [-0.39, 0.29) is 0 Å². The van der Waals surface area contributed by atoms with Gasteiger partial charge in [-0.05, 0) is 23.4 Å². The van der Waals surface area contributed by atoms with Crippen molar-refractivity contribution in [3.8, 4) is 5.75 Å². The fourth-order valence-electron chi connectivity index (χ4n) is 1.40. The van der Waals surface area contributed by atoms with Gasteiger partial charge in [0.05, 0.1) is 8.91 Å². The van der Waals surface area contributed by atoms with Crippen LogP contribution in [-0.4, -0.2) is 5.11 Å². The summed E-state index contributed by atoms with van der Waals surface area (Å²) in [4.78, 5) is 0. The Morgan fingerprint density at radius 1 is 1.46 bits per heavy atom. The lowest BCUT2D eigenvalue weighted by Crippen LogP contribution is -1.79. The highest BCUT2D eigenvalue weighted by Gasteiger charge is 2.07. The molecule has 1 aromatic heterocycles. The van der Waals surface area contributed by atoms with Crippen LogP contribution in [0.15, 0.2) is 22.4 Å². The zero-order chi connectivity index (χ0) is 9.42. The third-order valence-electron chi connectivity index (χ3n) is 2.11. The van der Waals surface area contributed by atoms with E-state index in [2.05, 4.69) is 12.6 Å². The van der Waals surface area contributed by atoms with Gasteiger partial charge in [-0.2, -0.15) is 0 Å². The van der Waals surface area contributed by atoms with E-state index in [9.17, 15) is 5.11 Å². The molecule has 0 aliphatic heterocycles. The molecule has 0 aliphatic carbocycles. The second kappa shape index (κ2) is 3.24. The SMILES string of the molecule is CCc1ccc2cc(S)sc2c1O. The number of aryl methyl sites for hydroxylation is 1. The summed E-state index contributed by atoms with van der Waals surface area (Å²) >= 11 is 5.78. The van der Waals surface area contributed by atoms with Crippen molar-refractivity contribution in [2.24, 2.45) is 0 Å². The summed E-state index contributed by atoms with van der Waals surface area (Å²) in [6.45, 7) is 2.04. The summed E-state index contributed by atoms with van der Waals surface area (Å²) in [5.74, 6) is 0.422. The Morgan fingerprint density at radius 2 is 2.23 bits per heavy atom. The van der Waals surface area contributed by atoms with Crippen LogP contribution in [0.2, 0.25) is 0 Å². The predicted octanol–water partition coefficient (Wildman–Crippen LogP) is 3.46. The molecule has 0 spiro atoms. The summed E-state index contributed by atoms with van der Waals surface area (Å²) in [5, 5.41) is 10.9. The molecule has 1 heterocycles. The molecule has 0 unspecified atom stereocenters. The lowest BCUT2D eigenvalue weighted by atomic mass is 10.1. The molecule has 13 heavy (non-hydrogen) atoms. The van der Waals surface area contributed by atoms with E-state index in [4.69, 9.17) is 0 Å². The number of fused-ring (bicyclic) bond motifs is 1. The van der Waals surface area contributed by atoms with Crippen molar-refractivity contribution >= 4 is 34.1 Å². The maximum Gasteiger partial charge on any atom is 0.136 e. The summed E-state index contributed by atoms with van der Waals surface area (Å²) in [5.41, 5.74) is 1.00. The Morgan fingerprint density at radius 3 is 2.92 bits per heavy atom. The minimum Gasteiger partial charge on any atom is -0.506 e. The van der Waals surface area contributed by atoms with Crippen LogP contribution in [0.1, 0.15) is 12.5 Å². The van der Waals surface area contributed by atoms with Crippen molar-refractivity contribution in [2.45, 2.75) is 17.6 Å². The molecule has 1 aromatic carbocycles. The van der Waals surface area contributed by atoms with Gasteiger partial charge in [0, 0.05) is 0 Å². The van der Waals surface area contributed by atoms with Crippen LogP contribution in [0, 0.1) is 0 Å². The van der Waals surface area contributed by atoms with Crippen LogP contribution >= 0.6 is 24.0 Å². The zero-order valence-corrected chi connectivity index (χ0v) is 8.95. The lowest BCUT2D eigenvalue weighted by molar-refractivity contribution is 0.476. The van der Waals surface area contributed by atoms with Crippen LogP contribution in [0.3, 0.4) is 0 Å². The van der Waals surface area contributed by atoms with Gasteiger partial charge in [-0.3, -0.25) is 0 Å². The molecule has 0 saturated carbocycles. The van der Waals surface area contributed by atoms with Gasteiger partial charge in [-0.1, -0.05) is 19.1 Å². The molecule has 0 atom stereocenters. The highest BCUT2D eigenvalue weighted by molar-refractivity contribution is 7.83. The number of benzene rings is 1. The number of thiol groups is 1. The van der Waals surface area contributed by atoms with Crippen LogP contribution < -0.4 is 0 Å². The van der Waals surface area contributed by atoms with Gasteiger partial charge >= 0.3 is 0 Å². The van der Waals surface area contributed by atoms with E-state index < -0.39 is 0 Å². The van der Waals surface area contributed by atoms with Gasteiger partial charge in [0.15, 0.2) is 0 Å². The fourth-order valence-corrected chi connectivity index (χ4v) is 2.68. The predicted molar refractivity (Wildman–Crippen MR) is 60.1 cm³/mol. The molecule has 0 aliphatic rings. The van der Waals surface area contributed by atoms with E-state index >= 15 is 0 Å². The molecule has 1 N–H and O–H groups in total. The Kier molecular flexibility index (Phi) is 2.22. The molecule has 3 heteroatoms. The number of aromatic hydroxyl groups is 1. The Labute approximate surface area is 86.4 Å². The second-order valence-corrected chi connectivity index (χ2v) is 4.77. The Balaban J connectivity index is 2.78. The standard InChI is InChI=1S/C10H10OS2/c1-2-6-3-4-7-5-8(12)13-10(7)9(6)11/h3-5,11-12H,2H2,1H3. The van der Waals surface area contributed by atoms with E-state index in [0.717, 1.165) is 26.3 Å². The number of phenols is 1. The summed E-state index contributed by atoms with van der Waals surface area (Å²) in [6, 6.07) is 5.98. The van der Waals surface area contributed by atoms with Gasteiger partial charge in [-0.25, -0.2) is 0 Å². The molecule has 0 radical (unpaired) electrons. The topological polar surface area (TPSA) is 20.2 Å². The van der Waals surface area contributed by atoms with Crippen molar-refractivity contribution in [3.63, 3.8) is 0 Å². The van der Waals surface area contributed by atoms with Crippen molar-refractivity contribution in [1.29, 1.82) is 0 Å². The summed E-state index contributed by atoms with van der Waals surface area (Å²) in [6.07, 6.45) is 0.863. The second-order valence-electron chi connectivity index (χ2n) is 2.93. The average molecular weight is 210 g/mol. The largest absolute Gasteiger partial charge is 0.506 e. The first-order valence-electron chi connectivity index (χ1n) is 4.15. The maximum atomic E-state index is 9.84. The van der Waals surface area contributed by atoms with Crippen LogP contribution in [0.5, 0.6) is 5.75 Å². The third kappa shape index (κ3) is 1.42. The fraction of sp³-hybridized carbons (Fsp3) is 0.200. The number of hydrogen-bond acceptors (Lipinski definition) is 3. The molecule has 0 fully saturated rings. The van der Waals surface area contributed by atoms with Crippen molar-refractivity contribution < 1.29 is 5.11 Å². The van der Waals surface area contributed by atoms with Crippen LogP contribution in [-0.2, 0) is 6.42 Å². The molecule has 2 aromatic rings. The summed E-state index contributed by atoms with van der Waals surface area (Å²) < 4.78 is 1.89. The monoisotopic (exact) mass is 210 g/mol. The lowest BCUT2D eigenvalue weighted by Gasteiger charge is -2.01. The third-order valence-corrected chi connectivity index (χ3v) is 3.48. The van der Waals surface area contributed by atoms with E-state index in [1.165, 1.54) is 11.3 Å². The van der Waals surface area contributed by atoms with E-state index in [1.54, 1.807) is 0 Å². The first-order valence-corrected chi connectivity index (χ1v) is 5.42. The Bertz CT molecular complexity index is 445. The van der Waals surface area contributed by atoms with Gasteiger partial charge < -0.3 is 5.11 Å². The van der Waals surface area contributed by atoms with Crippen LogP contribution in [0.4, 0.5) is 0 Å². The molecular formula is C10H10OS2. The molecule has 0 saturated heterocycles. The van der Waals surface area contributed by atoms with Crippen molar-refractivity contribution in [2.75, 3.05) is 0 Å². The minimum atomic E-state index is 0.422. The molecule has 2 rings (SSSR count). The quantitative estimate of drug-likeness (QED) is 0.691. The van der Waals surface area contributed by atoms with Gasteiger partial charge in [0.2, 0.25) is 0 Å². The molecule has 0 amide bonds. The highest BCUT2D eigenvalue weighted by atomic mass is 32.2. The van der Waals surface area contributed by atoms with Crippen molar-refractivity contribution in [1.82, 2.24) is 0 Å². The molecule has 0 bridgehead atoms. The smallest absolute Gasteiger partial charge is 0.136 e. The van der Waals surface area contributed by atoms with Gasteiger partial charge in [-0.15, -0.1) is 24.0 Å². The molecule has 1 nitrogen and oxygen atoms in total. The zero-order valence-electron chi connectivity index (χ0n) is 7.24. The normalized spacial score (nSPS) is 10.9. The number of phenolic OH excluding ortho intramolecular Hbond substituents is 1. The summed E-state index contributed by atoms with van der Waals surface area (Å²) in [7, 11) is 0. The first-order chi connectivity index (χ1) is 6.22. The van der Waals surface area contributed by atoms with Crippen molar-refractivity contribution in [3.05, 3.63) is 23.8 Å². The highest BCUT2D eigenvalue weighted by Crippen LogP contribution is 2.36. The number of thiophene rings is 1. The number of rotatable bonds is 1. The Hall–Kier alpha value is -0.670. The number of hydrogen-bond donors (Lipinski definition) is 2. The average Bonchev–Trinajstić information content (AvgIpc) is 2.47. The van der Waals surface area contributed by atoms with Gasteiger partial charge in [0.1, 0.15) is 5.75 Å². The molecular weight excluding hydrogens is 200 g/mol.